The van der Waals surface area contributed by atoms with Crippen LogP contribution in [0.15, 0.2) is 36.4 Å². The van der Waals surface area contributed by atoms with E-state index in [1.165, 1.54) is 24.3 Å². The number of nitrogens with zero attached hydrogens (tertiary/aromatic N) is 1. The van der Waals surface area contributed by atoms with Gasteiger partial charge in [-0.05, 0) is 93.1 Å². The molecule has 3 atom stereocenters. The number of aliphatic hydroxyl groups is 1. The van der Waals surface area contributed by atoms with Gasteiger partial charge in [-0.2, -0.15) is 0 Å². The standard InChI is InChI=1S/C28H34ClF2NO4/c1-4-35-28(34)10-9-21-14-27(31)25(29)15-24(21)19(3)36-17-23(33)16-32-11-5-6-22(32)12-20-8-7-18(2)26(30)13-20/h7-10,13-15,19,22-23,33H,4-6,11-12,16-17H2,1-3H3/b10-9+/t19-,22+,23-/m1/s1. The van der Waals surface area contributed by atoms with Crippen molar-refractivity contribution in [3.63, 3.8) is 0 Å². The van der Waals surface area contributed by atoms with Gasteiger partial charge in [-0.1, -0.05) is 23.7 Å². The molecule has 0 bridgehead atoms. The Morgan fingerprint density at radius 1 is 1.28 bits per heavy atom. The number of rotatable bonds is 11. The van der Waals surface area contributed by atoms with E-state index in [1.54, 1.807) is 32.9 Å². The Balaban J connectivity index is 1.59. The smallest absolute Gasteiger partial charge is 0.330 e. The zero-order chi connectivity index (χ0) is 26.2. The monoisotopic (exact) mass is 521 g/mol. The fraction of sp³-hybridized carbons (Fsp3) is 0.464. The topological polar surface area (TPSA) is 59.0 Å². The highest BCUT2D eigenvalue weighted by Gasteiger charge is 2.27. The van der Waals surface area contributed by atoms with Gasteiger partial charge in [0.2, 0.25) is 0 Å². The number of aliphatic hydroxyl groups excluding tert-OH is 1. The summed E-state index contributed by atoms with van der Waals surface area (Å²) in [4.78, 5) is 13.9. The fourth-order valence-corrected chi connectivity index (χ4v) is 4.66. The second kappa shape index (κ2) is 13.3. The van der Waals surface area contributed by atoms with Gasteiger partial charge in [0.15, 0.2) is 0 Å². The molecule has 36 heavy (non-hydrogen) atoms. The van der Waals surface area contributed by atoms with Crippen LogP contribution in [0.25, 0.3) is 6.08 Å². The Kier molecular flexibility index (Phi) is 10.4. The molecule has 3 rings (SSSR count). The van der Waals surface area contributed by atoms with E-state index in [1.807, 2.05) is 6.07 Å². The summed E-state index contributed by atoms with van der Waals surface area (Å²) in [5.41, 5.74) is 2.61. The summed E-state index contributed by atoms with van der Waals surface area (Å²) in [5.74, 6) is -1.34. The molecule has 2 aromatic carbocycles. The number of halogens is 3. The molecule has 0 radical (unpaired) electrons. The SMILES string of the molecule is CCOC(=O)/C=C/c1cc(F)c(Cl)cc1[C@@H](C)OC[C@H](O)CN1CCC[C@H]1Cc1ccc(C)c(F)c1. The number of β-amino-alcohol motifs (C(OH)–C–C–N with tert-alkyl or cyclic N) is 1. The highest BCUT2D eigenvalue weighted by Crippen LogP contribution is 2.29. The second-order valence-electron chi connectivity index (χ2n) is 9.19. The van der Waals surface area contributed by atoms with E-state index in [0.29, 0.717) is 23.2 Å². The van der Waals surface area contributed by atoms with Crippen molar-refractivity contribution in [2.45, 2.75) is 58.3 Å². The molecular weight excluding hydrogens is 488 g/mol. The average Bonchev–Trinajstić information content (AvgIpc) is 3.26. The Morgan fingerprint density at radius 3 is 2.78 bits per heavy atom. The lowest BCUT2D eigenvalue weighted by molar-refractivity contribution is -0.137. The number of hydrogen-bond donors (Lipinski definition) is 1. The Labute approximate surface area is 216 Å². The third kappa shape index (κ3) is 7.84. The molecule has 1 saturated heterocycles. The minimum Gasteiger partial charge on any atom is -0.463 e. The maximum atomic E-state index is 14.1. The first kappa shape index (κ1) is 28.3. The largest absolute Gasteiger partial charge is 0.463 e. The van der Waals surface area contributed by atoms with Crippen molar-refractivity contribution in [2.75, 3.05) is 26.3 Å². The first-order valence-corrected chi connectivity index (χ1v) is 12.7. The number of benzene rings is 2. The predicted molar refractivity (Wildman–Crippen MR) is 137 cm³/mol. The molecule has 0 saturated carbocycles. The van der Waals surface area contributed by atoms with E-state index in [2.05, 4.69) is 4.90 Å². The van der Waals surface area contributed by atoms with Crippen molar-refractivity contribution >= 4 is 23.6 Å². The number of carbonyl (C=O) groups is 1. The van der Waals surface area contributed by atoms with Crippen LogP contribution in [0.3, 0.4) is 0 Å². The van der Waals surface area contributed by atoms with Crippen LogP contribution in [0.5, 0.6) is 0 Å². The van der Waals surface area contributed by atoms with E-state index in [-0.39, 0.29) is 30.1 Å². The maximum Gasteiger partial charge on any atom is 0.330 e. The average molecular weight is 522 g/mol. The van der Waals surface area contributed by atoms with Gasteiger partial charge in [-0.25, -0.2) is 13.6 Å². The van der Waals surface area contributed by atoms with Crippen molar-refractivity contribution in [1.29, 1.82) is 0 Å². The molecule has 2 aromatic rings. The van der Waals surface area contributed by atoms with Gasteiger partial charge in [-0.15, -0.1) is 0 Å². The number of hydrogen-bond acceptors (Lipinski definition) is 5. The summed E-state index contributed by atoms with van der Waals surface area (Å²) in [6.07, 6.45) is 4.18. The molecule has 0 aliphatic carbocycles. The number of ether oxygens (including phenoxy) is 2. The summed E-state index contributed by atoms with van der Waals surface area (Å²) in [6, 6.07) is 8.29. The van der Waals surface area contributed by atoms with Gasteiger partial charge in [0, 0.05) is 18.7 Å². The van der Waals surface area contributed by atoms with Crippen molar-refractivity contribution in [2.24, 2.45) is 0 Å². The zero-order valence-corrected chi connectivity index (χ0v) is 21.7. The lowest BCUT2D eigenvalue weighted by atomic mass is 10.0. The van der Waals surface area contributed by atoms with E-state index in [9.17, 15) is 18.7 Å². The van der Waals surface area contributed by atoms with Crippen molar-refractivity contribution < 1.29 is 28.2 Å². The van der Waals surface area contributed by atoms with Crippen LogP contribution in [0.2, 0.25) is 5.02 Å². The van der Waals surface area contributed by atoms with Gasteiger partial charge >= 0.3 is 5.97 Å². The molecule has 8 heteroatoms. The number of carbonyl (C=O) groups excluding carboxylic acids is 1. The van der Waals surface area contributed by atoms with E-state index in [0.717, 1.165) is 31.4 Å². The maximum absolute atomic E-state index is 14.1. The van der Waals surface area contributed by atoms with Crippen LogP contribution in [0.1, 0.15) is 55.0 Å². The molecule has 196 valence electrons. The van der Waals surface area contributed by atoms with Crippen molar-refractivity contribution in [1.82, 2.24) is 4.90 Å². The van der Waals surface area contributed by atoms with Crippen LogP contribution in [0, 0.1) is 18.6 Å². The molecule has 1 heterocycles. The van der Waals surface area contributed by atoms with Crippen LogP contribution in [-0.2, 0) is 20.7 Å². The second-order valence-corrected chi connectivity index (χ2v) is 9.60. The first-order chi connectivity index (χ1) is 17.2. The molecule has 0 amide bonds. The molecule has 0 unspecified atom stereocenters. The summed E-state index contributed by atoms with van der Waals surface area (Å²) >= 11 is 5.99. The van der Waals surface area contributed by atoms with Crippen molar-refractivity contribution in [3.8, 4) is 0 Å². The molecule has 0 aromatic heterocycles. The van der Waals surface area contributed by atoms with Crippen LogP contribution in [-0.4, -0.2) is 54.4 Å². The predicted octanol–water partition coefficient (Wildman–Crippen LogP) is 5.65. The van der Waals surface area contributed by atoms with Crippen LogP contribution < -0.4 is 0 Å². The third-order valence-electron chi connectivity index (χ3n) is 6.44. The minimum atomic E-state index is -0.739. The van der Waals surface area contributed by atoms with Crippen LogP contribution >= 0.6 is 11.6 Å². The van der Waals surface area contributed by atoms with Crippen LogP contribution in [0.4, 0.5) is 8.78 Å². The zero-order valence-electron chi connectivity index (χ0n) is 21.0. The number of esters is 1. The quantitative estimate of drug-likeness (QED) is 0.306. The van der Waals surface area contributed by atoms with Gasteiger partial charge in [0.1, 0.15) is 11.6 Å². The molecule has 5 nitrogen and oxygen atoms in total. The summed E-state index contributed by atoms with van der Waals surface area (Å²) in [5, 5.41) is 10.6. The van der Waals surface area contributed by atoms with E-state index < -0.39 is 24.0 Å². The van der Waals surface area contributed by atoms with E-state index in [4.69, 9.17) is 21.1 Å². The Morgan fingerprint density at radius 2 is 2.06 bits per heavy atom. The highest BCUT2D eigenvalue weighted by molar-refractivity contribution is 6.30. The lowest BCUT2D eigenvalue weighted by Crippen LogP contribution is -2.39. The van der Waals surface area contributed by atoms with Crippen molar-refractivity contribution in [3.05, 3.63) is 75.3 Å². The van der Waals surface area contributed by atoms with Gasteiger partial charge in [-0.3, -0.25) is 4.90 Å². The van der Waals surface area contributed by atoms with E-state index >= 15 is 0 Å². The highest BCUT2D eigenvalue weighted by atomic mass is 35.5. The molecule has 1 N–H and O–H groups in total. The summed E-state index contributed by atoms with van der Waals surface area (Å²) in [6.45, 7) is 6.84. The van der Waals surface area contributed by atoms with Gasteiger partial charge in [0.25, 0.3) is 0 Å². The van der Waals surface area contributed by atoms with Gasteiger partial charge in [0.05, 0.1) is 30.4 Å². The minimum absolute atomic E-state index is 0.0539. The van der Waals surface area contributed by atoms with Gasteiger partial charge < -0.3 is 14.6 Å². The summed E-state index contributed by atoms with van der Waals surface area (Å²) < 4.78 is 38.8. The molecule has 1 aliphatic rings. The fourth-order valence-electron chi connectivity index (χ4n) is 4.49. The normalized spacial score (nSPS) is 18.0. The third-order valence-corrected chi connectivity index (χ3v) is 6.73. The molecular formula is C28H34ClF2NO4. The molecule has 0 spiro atoms. The number of likely N-dealkylation sites (tertiary alicyclic amines) is 1. The first-order valence-electron chi connectivity index (χ1n) is 12.3. The Hall–Kier alpha value is -2.32. The summed E-state index contributed by atoms with van der Waals surface area (Å²) in [7, 11) is 0. The lowest BCUT2D eigenvalue weighted by Gasteiger charge is -2.27. The Bertz CT molecular complexity index is 1080. The molecule has 1 aliphatic heterocycles. The molecule has 1 fully saturated rings. The number of aryl methyl sites for hydroxylation is 1.